The fourth-order valence-corrected chi connectivity index (χ4v) is 1.12. The summed E-state index contributed by atoms with van der Waals surface area (Å²) < 4.78 is 18.0. The van der Waals surface area contributed by atoms with Crippen molar-refractivity contribution in [2.75, 3.05) is 13.2 Å². The van der Waals surface area contributed by atoms with E-state index >= 15 is 0 Å². The van der Waals surface area contributed by atoms with Crippen LogP contribution in [0.3, 0.4) is 0 Å². The Morgan fingerprint density at radius 1 is 1.43 bits per heavy atom. The van der Waals surface area contributed by atoms with Gasteiger partial charge in [0, 0.05) is 13.0 Å². The van der Waals surface area contributed by atoms with Crippen molar-refractivity contribution in [3.05, 3.63) is 35.6 Å². The molecule has 0 amide bonds. The molecule has 0 aliphatic rings. The zero-order valence-corrected chi connectivity index (χ0v) is 8.13. The fraction of sp³-hybridized carbons (Fsp3) is 0.364. The summed E-state index contributed by atoms with van der Waals surface area (Å²) in [7, 11) is 0. The summed E-state index contributed by atoms with van der Waals surface area (Å²) in [5.41, 5.74) is 0.428. The lowest BCUT2D eigenvalue weighted by Crippen LogP contribution is -2.12. The van der Waals surface area contributed by atoms with E-state index in [0.717, 1.165) is 0 Å². The highest BCUT2D eigenvalue weighted by atomic mass is 19.1. The van der Waals surface area contributed by atoms with Crippen LogP contribution in [-0.4, -0.2) is 19.0 Å². The lowest BCUT2D eigenvalue weighted by atomic mass is 10.1. The number of carbonyl (C=O) groups is 1. The monoisotopic (exact) mass is 196 g/mol. The van der Waals surface area contributed by atoms with E-state index in [9.17, 15) is 9.18 Å². The van der Waals surface area contributed by atoms with Crippen LogP contribution in [-0.2, 0) is 16.0 Å². The van der Waals surface area contributed by atoms with Gasteiger partial charge in [-0.05, 0) is 18.6 Å². The molecule has 0 bridgehead atoms. The Bertz CT molecular complexity index is 310. The first kappa shape index (κ1) is 10.9. The molecule has 76 valence electrons. The molecule has 1 aromatic carbocycles. The van der Waals surface area contributed by atoms with E-state index in [-0.39, 0.29) is 24.6 Å². The summed E-state index contributed by atoms with van der Waals surface area (Å²) >= 11 is 0. The third-order valence-corrected chi connectivity index (χ3v) is 1.81. The molecule has 0 N–H and O–H groups in total. The Morgan fingerprint density at radius 2 is 2.14 bits per heavy atom. The van der Waals surface area contributed by atoms with Crippen molar-refractivity contribution in [3.63, 3.8) is 0 Å². The molecule has 0 atom stereocenters. The summed E-state index contributed by atoms with van der Waals surface area (Å²) in [5, 5.41) is 0. The number of carbonyl (C=O) groups excluding carboxylic acids is 1. The molecule has 0 saturated heterocycles. The van der Waals surface area contributed by atoms with Crippen LogP contribution in [0.5, 0.6) is 0 Å². The number of hydrogen-bond donors (Lipinski definition) is 0. The summed E-state index contributed by atoms with van der Waals surface area (Å²) in [4.78, 5) is 11.2. The average Bonchev–Trinajstić information content (AvgIpc) is 2.18. The van der Waals surface area contributed by atoms with Crippen molar-refractivity contribution >= 4 is 5.78 Å². The van der Waals surface area contributed by atoms with Gasteiger partial charge < -0.3 is 4.74 Å². The SMILES string of the molecule is CCOCC(=O)Cc1ccccc1F. The highest BCUT2D eigenvalue weighted by molar-refractivity contribution is 5.82. The van der Waals surface area contributed by atoms with Crippen LogP contribution in [0, 0.1) is 5.82 Å². The molecule has 0 aliphatic carbocycles. The lowest BCUT2D eigenvalue weighted by Gasteiger charge is -2.02. The first-order valence-electron chi connectivity index (χ1n) is 4.57. The fourth-order valence-electron chi connectivity index (χ4n) is 1.12. The van der Waals surface area contributed by atoms with Crippen LogP contribution in [0.15, 0.2) is 24.3 Å². The van der Waals surface area contributed by atoms with Gasteiger partial charge >= 0.3 is 0 Å². The lowest BCUT2D eigenvalue weighted by molar-refractivity contribution is -0.122. The highest BCUT2D eigenvalue weighted by Crippen LogP contribution is 2.07. The van der Waals surface area contributed by atoms with Crippen molar-refractivity contribution < 1.29 is 13.9 Å². The highest BCUT2D eigenvalue weighted by Gasteiger charge is 2.06. The molecule has 14 heavy (non-hydrogen) atoms. The van der Waals surface area contributed by atoms with Gasteiger partial charge in [-0.1, -0.05) is 18.2 Å². The zero-order valence-electron chi connectivity index (χ0n) is 8.13. The van der Waals surface area contributed by atoms with Crippen LogP contribution in [0.4, 0.5) is 4.39 Å². The standard InChI is InChI=1S/C11H13FO2/c1-2-14-8-10(13)7-9-5-3-4-6-11(9)12/h3-6H,2,7-8H2,1H3. The molecule has 1 rings (SSSR count). The van der Waals surface area contributed by atoms with Gasteiger partial charge in [0.05, 0.1) is 0 Å². The molecule has 0 heterocycles. The van der Waals surface area contributed by atoms with Gasteiger partial charge in [0.1, 0.15) is 12.4 Å². The van der Waals surface area contributed by atoms with Crippen LogP contribution >= 0.6 is 0 Å². The minimum absolute atomic E-state index is 0.0604. The predicted molar refractivity (Wildman–Crippen MR) is 51.6 cm³/mol. The second-order valence-corrected chi connectivity index (χ2v) is 2.94. The summed E-state index contributed by atoms with van der Waals surface area (Å²) in [6.45, 7) is 2.38. The maximum atomic E-state index is 13.1. The molecule has 0 unspecified atom stereocenters. The number of benzene rings is 1. The molecule has 0 aliphatic heterocycles. The van der Waals surface area contributed by atoms with Crippen molar-refractivity contribution in [3.8, 4) is 0 Å². The van der Waals surface area contributed by atoms with Gasteiger partial charge in [0.15, 0.2) is 5.78 Å². The van der Waals surface area contributed by atoms with E-state index in [1.165, 1.54) is 6.07 Å². The predicted octanol–water partition coefficient (Wildman–Crippen LogP) is 1.97. The third-order valence-electron chi connectivity index (χ3n) is 1.81. The molecule has 0 fully saturated rings. The van der Waals surface area contributed by atoms with Gasteiger partial charge in [-0.15, -0.1) is 0 Å². The van der Waals surface area contributed by atoms with Crippen LogP contribution in [0.2, 0.25) is 0 Å². The third kappa shape index (κ3) is 3.26. The number of ketones is 1. The van der Waals surface area contributed by atoms with Gasteiger partial charge in [0.2, 0.25) is 0 Å². The van der Waals surface area contributed by atoms with Gasteiger partial charge in [-0.25, -0.2) is 4.39 Å². The molecule has 2 nitrogen and oxygen atoms in total. The number of ether oxygens (including phenoxy) is 1. The summed E-state index contributed by atoms with van der Waals surface area (Å²) in [6.07, 6.45) is 0.104. The largest absolute Gasteiger partial charge is 0.374 e. The first-order chi connectivity index (χ1) is 6.74. The number of halogens is 1. The van der Waals surface area contributed by atoms with E-state index in [2.05, 4.69) is 0 Å². The van der Waals surface area contributed by atoms with Gasteiger partial charge in [0.25, 0.3) is 0 Å². The first-order valence-corrected chi connectivity index (χ1v) is 4.57. The molecular formula is C11H13FO2. The molecule has 0 saturated carbocycles. The summed E-state index contributed by atoms with van der Waals surface area (Å²) in [5.74, 6) is -0.436. The van der Waals surface area contributed by atoms with Crippen LogP contribution in [0.1, 0.15) is 12.5 Å². The van der Waals surface area contributed by atoms with Crippen molar-refractivity contribution in [1.29, 1.82) is 0 Å². The minimum Gasteiger partial charge on any atom is -0.374 e. The minimum atomic E-state index is -0.336. The summed E-state index contributed by atoms with van der Waals surface area (Å²) in [6, 6.07) is 6.28. The van der Waals surface area contributed by atoms with Crippen LogP contribution in [0.25, 0.3) is 0 Å². The van der Waals surface area contributed by atoms with E-state index in [1.807, 2.05) is 6.92 Å². The Balaban J connectivity index is 2.52. The van der Waals surface area contributed by atoms with E-state index in [0.29, 0.717) is 12.2 Å². The molecular weight excluding hydrogens is 183 g/mol. The Hall–Kier alpha value is -1.22. The molecule has 1 aromatic rings. The Labute approximate surface area is 82.7 Å². The number of hydrogen-bond acceptors (Lipinski definition) is 2. The second-order valence-electron chi connectivity index (χ2n) is 2.94. The maximum absolute atomic E-state index is 13.1. The maximum Gasteiger partial charge on any atom is 0.162 e. The molecule has 0 radical (unpaired) electrons. The van der Waals surface area contributed by atoms with Crippen molar-refractivity contribution in [1.82, 2.24) is 0 Å². The van der Waals surface area contributed by atoms with E-state index < -0.39 is 0 Å². The normalized spacial score (nSPS) is 10.1. The Morgan fingerprint density at radius 3 is 2.79 bits per heavy atom. The van der Waals surface area contributed by atoms with Crippen molar-refractivity contribution in [2.45, 2.75) is 13.3 Å². The second kappa shape index (κ2) is 5.50. The molecule has 3 heteroatoms. The van der Waals surface area contributed by atoms with E-state index in [4.69, 9.17) is 4.74 Å². The molecule has 0 spiro atoms. The quantitative estimate of drug-likeness (QED) is 0.719. The van der Waals surface area contributed by atoms with Gasteiger partial charge in [-0.3, -0.25) is 4.79 Å². The van der Waals surface area contributed by atoms with E-state index in [1.54, 1.807) is 18.2 Å². The van der Waals surface area contributed by atoms with Crippen LogP contribution < -0.4 is 0 Å². The smallest absolute Gasteiger partial charge is 0.162 e. The van der Waals surface area contributed by atoms with Crippen molar-refractivity contribution in [2.24, 2.45) is 0 Å². The zero-order chi connectivity index (χ0) is 10.4. The average molecular weight is 196 g/mol. The number of Topliss-reactive ketones (excluding diaryl/α,β-unsaturated/α-hetero) is 1. The Kier molecular flexibility index (Phi) is 4.26. The number of rotatable bonds is 5. The van der Waals surface area contributed by atoms with Gasteiger partial charge in [-0.2, -0.15) is 0 Å². The molecule has 0 aromatic heterocycles. The topological polar surface area (TPSA) is 26.3 Å².